The molecule has 10 heavy (non-hydrogen) atoms. The average molecular weight is 145 g/mol. The smallest absolute Gasteiger partial charge is 0.165 e. The lowest BCUT2D eigenvalue weighted by Crippen LogP contribution is -2.20. The zero-order valence-electron chi connectivity index (χ0n) is 6.16. The molecule has 2 N–H and O–H groups in total. The molecule has 0 bridgehead atoms. The first-order valence-electron chi connectivity index (χ1n) is 3.43. The van der Waals surface area contributed by atoms with Gasteiger partial charge in [0.05, 0.1) is 0 Å². The van der Waals surface area contributed by atoms with Crippen LogP contribution >= 0.6 is 0 Å². The molecular formula is C7H15NO2+. The van der Waals surface area contributed by atoms with Crippen molar-refractivity contribution < 1.29 is 14.8 Å². The summed E-state index contributed by atoms with van der Waals surface area (Å²) in [4.78, 5) is 0. The van der Waals surface area contributed by atoms with Crippen molar-refractivity contribution in [2.45, 2.75) is 6.42 Å². The minimum atomic E-state index is 0.122. The van der Waals surface area contributed by atoms with Gasteiger partial charge in [-0.05, 0) is 6.92 Å². The van der Waals surface area contributed by atoms with Crippen molar-refractivity contribution in [3.05, 3.63) is 6.92 Å². The van der Waals surface area contributed by atoms with Crippen molar-refractivity contribution in [2.75, 3.05) is 26.3 Å². The Morgan fingerprint density at radius 2 is 1.70 bits per heavy atom. The van der Waals surface area contributed by atoms with Gasteiger partial charge in [0.15, 0.2) is 13.1 Å². The van der Waals surface area contributed by atoms with Gasteiger partial charge in [0, 0.05) is 6.42 Å². The van der Waals surface area contributed by atoms with Gasteiger partial charge in [0.25, 0.3) is 0 Å². The van der Waals surface area contributed by atoms with Crippen LogP contribution in [0.3, 0.4) is 0 Å². The summed E-state index contributed by atoms with van der Waals surface area (Å²) in [7, 11) is 0. The number of hydrogen-bond donors (Lipinski definition) is 2. The van der Waals surface area contributed by atoms with Crippen molar-refractivity contribution in [3.8, 4) is 0 Å². The molecule has 0 aromatic heterocycles. The maximum atomic E-state index is 8.53. The molecule has 0 fully saturated rings. The third-order valence-corrected chi connectivity index (χ3v) is 1.16. The van der Waals surface area contributed by atoms with Crippen LogP contribution in [0.1, 0.15) is 6.42 Å². The Labute approximate surface area is 61.6 Å². The highest BCUT2D eigenvalue weighted by Crippen LogP contribution is 1.75. The largest absolute Gasteiger partial charge is 0.390 e. The summed E-state index contributed by atoms with van der Waals surface area (Å²) < 4.78 is 1.85. The molecule has 0 aromatic rings. The average Bonchev–Trinajstić information content (AvgIpc) is 1.90. The van der Waals surface area contributed by atoms with E-state index in [0.29, 0.717) is 19.5 Å². The highest BCUT2D eigenvalue weighted by Gasteiger charge is 1.98. The summed E-state index contributed by atoms with van der Waals surface area (Å²) in [5, 5.41) is 17.1. The fraction of sp³-hybridized carbons (Fsp3) is 0.714. The Bertz CT molecular complexity index is 93.8. The third-order valence-electron chi connectivity index (χ3n) is 1.16. The van der Waals surface area contributed by atoms with Gasteiger partial charge in [-0.25, -0.2) is 4.58 Å². The summed E-state index contributed by atoms with van der Waals surface area (Å²) in [6, 6.07) is 0. The van der Waals surface area contributed by atoms with Gasteiger partial charge < -0.3 is 10.2 Å². The lowest BCUT2D eigenvalue weighted by molar-refractivity contribution is -0.528. The van der Waals surface area contributed by atoms with E-state index in [1.807, 2.05) is 10.8 Å². The zero-order valence-corrected chi connectivity index (χ0v) is 6.16. The van der Waals surface area contributed by atoms with Crippen molar-refractivity contribution in [3.63, 3.8) is 0 Å². The van der Waals surface area contributed by atoms with Gasteiger partial charge in [0.1, 0.15) is 19.4 Å². The fourth-order valence-electron chi connectivity index (χ4n) is 0.734. The Hall–Kier alpha value is -0.410. The van der Waals surface area contributed by atoms with Crippen LogP contribution in [0.15, 0.2) is 0 Å². The van der Waals surface area contributed by atoms with Crippen LogP contribution in [-0.4, -0.2) is 47.3 Å². The normalized spacial score (nSPS) is 9.50. The minimum Gasteiger partial charge on any atom is -0.390 e. The van der Waals surface area contributed by atoms with E-state index in [2.05, 4.69) is 6.92 Å². The molecule has 0 unspecified atom stereocenters. The van der Waals surface area contributed by atoms with Gasteiger partial charge in [-0.15, -0.1) is 0 Å². The molecule has 0 amide bonds. The van der Waals surface area contributed by atoms with E-state index in [0.717, 1.165) is 0 Å². The molecular weight excluding hydrogens is 130 g/mol. The monoisotopic (exact) mass is 145 g/mol. The molecule has 0 saturated carbocycles. The molecule has 0 aliphatic heterocycles. The first kappa shape index (κ1) is 9.59. The summed E-state index contributed by atoms with van der Waals surface area (Å²) >= 11 is 0. The molecule has 0 aliphatic rings. The van der Waals surface area contributed by atoms with Gasteiger partial charge in [-0.2, -0.15) is 0 Å². The van der Waals surface area contributed by atoms with E-state index in [1.54, 1.807) is 0 Å². The number of aliphatic hydroxyl groups excluding tert-OH is 2. The maximum Gasteiger partial charge on any atom is 0.165 e. The Morgan fingerprint density at radius 1 is 1.20 bits per heavy atom. The molecule has 0 saturated heterocycles. The lowest BCUT2D eigenvalue weighted by Gasteiger charge is -1.97. The van der Waals surface area contributed by atoms with Gasteiger partial charge in [-0.3, -0.25) is 0 Å². The molecule has 0 spiro atoms. The predicted octanol–water partition coefficient (Wildman–Crippen LogP) is -0.722. The summed E-state index contributed by atoms with van der Waals surface area (Å²) in [6.45, 7) is 5.03. The minimum absolute atomic E-state index is 0.122. The van der Waals surface area contributed by atoms with E-state index < -0.39 is 0 Å². The highest BCUT2D eigenvalue weighted by molar-refractivity contribution is 5.51. The molecule has 0 aliphatic carbocycles. The van der Waals surface area contributed by atoms with E-state index in [9.17, 15) is 0 Å². The molecule has 0 atom stereocenters. The van der Waals surface area contributed by atoms with Crippen LogP contribution in [0.25, 0.3) is 0 Å². The Kier molecular flexibility index (Phi) is 6.43. The summed E-state index contributed by atoms with van der Waals surface area (Å²) in [6.07, 6.45) is 2.56. The van der Waals surface area contributed by atoms with Crippen molar-refractivity contribution in [2.24, 2.45) is 0 Å². The highest BCUT2D eigenvalue weighted by atomic mass is 16.3. The second-order valence-corrected chi connectivity index (χ2v) is 1.95. The lowest BCUT2D eigenvalue weighted by atomic mass is 10.5. The number of hydrogen-bond acceptors (Lipinski definition) is 2. The van der Waals surface area contributed by atoms with Crippen molar-refractivity contribution in [1.82, 2.24) is 0 Å². The second kappa shape index (κ2) is 6.71. The number of rotatable bonds is 5. The quantitative estimate of drug-likeness (QED) is 0.396. The van der Waals surface area contributed by atoms with Gasteiger partial charge in [-0.1, -0.05) is 0 Å². The van der Waals surface area contributed by atoms with E-state index in [4.69, 9.17) is 10.2 Å². The topological polar surface area (TPSA) is 43.5 Å². The number of nitrogens with zero attached hydrogens (tertiary/aromatic N) is 1. The standard InChI is InChI=1S/C7H15NO2/c1-2-3-8(4-6-9)5-7-10/h3,9-10H,1-2,4-7H2/q+1. The van der Waals surface area contributed by atoms with E-state index >= 15 is 0 Å². The fourth-order valence-corrected chi connectivity index (χ4v) is 0.734. The van der Waals surface area contributed by atoms with Crippen LogP contribution in [0.2, 0.25) is 0 Å². The first-order valence-corrected chi connectivity index (χ1v) is 3.43. The van der Waals surface area contributed by atoms with Crippen LogP contribution in [0.5, 0.6) is 0 Å². The Morgan fingerprint density at radius 3 is 2.00 bits per heavy atom. The molecule has 3 heteroatoms. The van der Waals surface area contributed by atoms with Crippen LogP contribution < -0.4 is 0 Å². The summed E-state index contributed by atoms with van der Waals surface area (Å²) in [5.41, 5.74) is 0. The van der Waals surface area contributed by atoms with Gasteiger partial charge >= 0.3 is 0 Å². The van der Waals surface area contributed by atoms with Gasteiger partial charge in [0.2, 0.25) is 0 Å². The molecule has 3 nitrogen and oxygen atoms in total. The molecule has 0 aromatic carbocycles. The predicted molar refractivity (Wildman–Crippen MR) is 40.2 cm³/mol. The van der Waals surface area contributed by atoms with Crippen LogP contribution in [0, 0.1) is 6.92 Å². The molecule has 0 rings (SSSR count). The van der Waals surface area contributed by atoms with Crippen molar-refractivity contribution >= 4 is 6.21 Å². The van der Waals surface area contributed by atoms with Crippen LogP contribution in [-0.2, 0) is 0 Å². The van der Waals surface area contributed by atoms with Crippen LogP contribution in [0.4, 0.5) is 0 Å². The second-order valence-electron chi connectivity index (χ2n) is 1.95. The molecule has 0 heterocycles. The number of aliphatic hydroxyl groups is 2. The van der Waals surface area contributed by atoms with E-state index in [1.165, 1.54) is 0 Å². The Balaban J connectivity index is 3.60. The molecule has 1 radical (unpaired) electrons. The van der Waals surface area contributed by atoms with Crippen molar-refractivity contribution in [1.29, 1.82) is 0 Å². The first-order chi connectivity index (χ1) is 4.85. The summed E-state index contributed by atoms with van der Waals surface area (Å²) in [5.74, 6) is 0. The van der Waals surface area contributed by atoms with E-state index in [-0.39, 0.29) is 13.2 Å². The molecule has 59 valence electrons. The SMILES string of the molecule is [CH2]CC=[N+](CCO)CCO. The zero-order chi connectivity index (χ0) is 7.82. The third kappa shape index (κ3) is 4.47. The maximum absolute atomic E-state index is 8.53.